The number of ether oxygens (including phenoxy) is 2. The van der Waals surface area contributed by atoms with Crippen LogP contribution < -0.4 is 4.74 Å². The molecule has 0 spiro atoms. The molecule has 0 saturated carbocycles. The molecule has 7 nitrogen and oxygen atoms in total. The fourth-order valence-electron chi connectivity index (χ4n) is 2.53. The number of carboxylic acids is 1. The third-order valence-electron chi connectivity index (χ3n) is 4.20. The van der Waals surface area contributed by atoms with E-state index in [1.165, 1.54) is 30.8 Å². The lowest BCUT2D eigenvalue weighted by Crippen LogP contribution is -2.34. The third-order valence-corrected chi connectivity index (χ3v) is 4.20. The lowest BCUT2D eigenvalue weighted by molar-refractivity contribution is -0.162. The van der Waals surface area contributed by atoms with Gasteiger partial charge in [0.15, 0.2) is 11.4 Å². The molecule has 0 radical (unpaired) electrons. The average molecular weight is 385 g/mol. The fourth-order valence-corrected chi connectivity index (χ4v) is 2.53. The van der Waals surface area contributed by atoms with Crippen molar-refractivity contribution in [2.75, 3.05) is 7.11 Å². The van der Waals surface area contributed by atoms with Gasteiger partial charge in [0, 0.05) is 11.8 Å². The van der Waals surface area contributed by atoms with Gasteiger partial charge in [0.05, 0.1) is 31.3 Å². The highest BCUT2D eigenvalue weighted by Gasteiger charge is 2.28. The summed E-state index contributed by atoms with van der Waals surface area (Å²) in [5.74, 6) is -0.974. The predicted octanol–water partition coefficient (Wildman–Crippen LogP) is 3.46. The zero-order valence-corrected chi connectivity index (χ0v) is 15.7. The van der Waals surface area contributed by atoms with Gasteiger partial charge in [0.25, 0.3) is 0 Å². The van der Waals surface area contributed by atoms with Gasteiger partial charge < -0.3 is 14.6 Å². The van der Waals surface area contributed by atoms with E-state index in [1.807, 2.05) is 12.1 Å². The Morgan fingerprint density at radius 3 is 2.75 bits per heavy atom. The van der Waals surface area contributed by atoms with Crippen molar-refractivity contribution in [1.29, 1.82) is 0 Å². The van der Waals surface area contributed by atoms with Crippen LogP contribution in [0.3, 0.4) is 0 Å². The number of aliphatic carboxylic acids is 1. The molecule has 3 rings (SSSR count). The van der Waals surface area contributed by atoms with Gasteiger partial charge in [-0.25, -0.2) is 13.9 Å². The Morgan fingerprint density at radius 1 is 1.29 bits per heavy atom. The predicted molar refractivity (Wildman–Crippen MR) is 99.8 cm³/mol. The number of hydrogen-bond donors (Lipinski definition) is 1. The molecule has 0 aliphatic heterocycles. The van der Waals surface area contributed by atoms with Crippen molar-refractivity contribution in [2.45, 2.75) is 26.1 Å². The molecule has 0 unspecified atom stereocenters. The Bertz CT molecular complexity index is 1000. The van der Waals surface area contributed by atoms with Gasteiger partial charge in [-0.2, -0.15) is 5.10 Å². The van der Waals surface area contributed by atoms with E-state index >= 15 is 0 Å². The van der Waals surface area contributed by atoms with Crippen LogP contribution >= 0.6 is 0 Å². The third kappa shape index (κ3) is 4.01. The Morgan fingerprint density at radius 2 is 2.07 bits per heavy atom. The van der Waals surface area contributed by atoms with E-state index in [4.69, 9.17) is 9.47 Å². The SMILES string of the molecule is COc1cccc(-c2cc(COC(C)(C)C(=O)O)nn2-c2ccncc2F)c1. The number of halogens is 1. The van der Waals surface area contributed by atoms with Gasteiger partial charge in [0.1, 0.15) is 11.4 Å². The van der Waals surface area contributed by atoms with Crippen molar-refractivity contribution < 1.29 is 23.8 Å². The molecular formula is C20H20FN3O4. The standard InChI is InChI=1S/C20H20FN3O4/c1-20(2,19(25)26)28-12-14-10-18(13-5-4-6-15(9-13)27-3)24(23-14)17-7-8-22-11-16(17)21/h4-11H,12H2,1-3H3,(H,25,26). The average Bonchev–Trinajstić information content (AvgIpc) is 3.11. The Balaban J connectivity index is 2.05. The number of aromatic nitrogens is 3. The van der Waals surface area contributed by atoms with Crippen LogP contribution in [-0.4, -0.2) is 38.6 Å². The lowest BCUT2D eigenvalue weighted by Gasteiger charge is -2.19. The Kier molecular flexibility index (Phi) is 5.41. The Hall–Kier alpha value is -3.26. The summed E-state index contributed by atoms with van der Waals surface area (Å²) in [6, 6.07) is 10.5. The molecule has 146 valence electrons. The summed E-state index contributed by atoms with van der Waals surface area (Å²) in [7, 11) is 1.56. The second kappa shape index (κ2) is 7.77. The Labute approximate surface area is 161 Å². The van der Waals surface area contributed by atoms with Crippen LogP contribution in [0.25, 0.3) is 16.9 Å². The van der Waals surface area contributed by atoms with Crippen LogP contribution in [-0.2, 0) is 16.1 Å². The van der Waals surface area contributed by atoms with Crippen LogP contribution in [0.15, 0.2) is 48.8 Å². The van der Waals surface area contributed by atoms with Gasteiger partial charge >= 0.3 is 5.97 Å². The maximum Gasteiger partial charge on any atom is 0.335 e. The molecule has 0 fully saturated rings. The van der Waals surface area contributed by atoms with E-state index in [2.05, 4.69) is 10.1 Å². The van der Waals surface area contributed by atoms with E-state index < -0.39 is 17.4 Å². The molecule has 3 aromatic rings. The highest BCUT2D eigenvalue weighted by Crippen LogP contribution is 2.28. The summed E-state index contributed by atoms with van der Waals surface area (Å²) in [4.78, 5) is 15.0. The number of rotatable bonds is 7. The molecular weight excluding hydrogens is 365 g/mol. The summed E-state index contributed by atoms with van der Waals surface area (Å²) in [6.45, 7) is 2.87. The number of methoxy groups -OCH3 is 1. The zero-order chi connectivity index (χ0) is 20.3. The van der Waals surface area contributed by atoms with E-state index in [1.54, 1.807) is 25.3 Å². The minimum atomic E-state index is -1.37. The first kappa shape index (κ1) is 19.5. The molecule has 2 heterocycles. The first-order valence-electron chi connectivity index (χ1n) is 8.52. The maximum absolute atomic E-state index is 14.3. The molecule has 0 amide bonds. The summed E-state index contributed by atoms with van der Waals surface area (Å²) in [6.07, 6.45) is 2.58. The molecule has 1 aromatic carbocycles. The van der Waals surface area contributed by atoms with Crippen LogP contribution in [0.2, 0.25) is 0 Å². The summed E-state index contributed by atoms with van der Waals surface area (Å²) in [5, 5.41) is 13.6. The molecule has 2 aromatic heterocycles. The van der Waals surface area contributed by atoms with Gasteiger partial charge in [-0.1, -0.05) is 12.1 Å². The van der Waals surface area contributed by atoms with Crippen molar-refractivity contribution in [3.05, 3.63) is 60.3 Å². The first-order valence-corrected chi connectivity index (χ1v) is 8.52. The van der Waals surface area contributed by atoms with Gasteiger partial charge in [-0.15, -0.1) is 0 Å². The first-order chi connectivity index (χ1) is 13.3. The van der Waals surface area contributed by atoms with Gasteiger partial charge in [-0.3, -0.25) is 4.98 Å². The lowest BCUT2D eigenvalue weighted by atomic mass is 10.1. The van der Waals surface area contributed by atoms with E-state index in [0.717, 1.165) is 11.8 Å². The van der Waals surface area contributed by atoms with Crippen molar-refractivity contribution in [1.82, 2.24) is 14.8 Å². The number of hydrogen-bond acceptors (Lipinski definition) is 5. The molecule has 0 saturated heterocycles. The highest BCUT2D eigenvalue weighted by atomic mass is 19.1. The monoisotopic (exact) mass is 385 g/mol. The second-order valence-electron chi connectivity index (χ2n) is 6.60. The number of carboxylic acid groups (broad SMARTS) is 1. The minimum Gasteiger partial charge on any atom is -0.497 e. The van der Waals surface area contributed by atoms with Crippen molar-refractivity contribution in [2.24, 2.45) is 0 Å². The van der Waals surface area contributed by atoms with Crippen molar-refractivity contribution in [3.8, 4) is 22.7 Å². The molecule has 28 heavy (non-hydrogen) atoms. The number of carbonyl (C=O) groups is 1. The van der Waals surface area contributed by atoms with E-state index in [-0.39, 0.29) is 12.3 Å². The summed E-state index contributed by atoms with van der Waals surface area (Å²) >= 11 is 0. The van der Waals surface area contributed by atoms with Crippen LogP contribution in [0.4, 0.5) is 4.39 Å². The number of pyridine rings is 1. The van der Waals surface area contributed by atoms with Crippen LogP contribution in [0.1, 0.15) is 19.5 Å². The van der Waals surface area contributed by atoms with Crippen molar-refractivity contribution in [3.63, 3.8) is 0 Å². The quantitative estimate of drug-likeness (QED) is 0.670. The fraction of sp³-hybridized carbons (Fsp3) is 0.250. The number of nitrogens with zero attached hydrogens (tertiary/aromatic N) is 3. The number of benzene rings is 1. The van der Waals surface area contributed by atoms with Crippen molar-refractivity contribution >= 4 is 5.97 Å². The summed E-state index contributed by atoms with van der Waals surface area (Å²) in [5.41, 5.74) is 0.671. The second-order valence-corrected chi connectivity index (χ2v) is 6.60. The molecule has 0 aliphatic rings. The molecule has 0 atom stereocenters. The van der Waals surface area contributed by atoms with Crippen LogP contribution in [0.5, 0.6) is 5.75 Å². The molecule has 8 heteroatoms. The van der Waals surface area contributed by atoms with E-state index in [0.29, 0.717) is 17.1 Å². The topological polar surface area (TPSA) is 86.5 Å². The smallest absolute Gasteiger partial charge is 0.335 e. The highest BCUT2D eigenvalue weighted by molar-refractivity contribution is 5.76. The summed E-state index contributed by atoms with van der Waals surface area (Å²) < 4.78 is 26.5. The minimum absolute atomic E-state index is 0.0457. The van der Waals surface area contributed by atoms with Crippen LogP contribution in [0, 0.1) is 5.82 Å². The largest absolute Gasteiger partial charge is 0.497 e. The maximum atomic E-state index is 14.3. The van der Waals surface area contributed by atoms with Gasteiger partial charge in [-0.05, 0) is 38.1 Å². The molecule has 0 bridgehead atoms. The molecule has 0 aliphatic carbocycles. The zero-order valence-electron chi connectivity index (χ0n) is 15.7. The van der Waals surface area contributed by atoms with Gasteiger partial charge in [0.2, 0.25) is 0 Å². The normalized spacial score (nSPS) is 11.4. The molecule has 1 N–H and O–H groups in total. The van der Waals surface area contributed by atoms with E-state index in [9.17, 15) is 14.3 Å².